The summed E-state index contributed by atoms with van der Waals surface area (Å²) in [5.74, 6) is -0.444. The molecule has 1 aromatic carbocycles. The van der Waals surface area contributed by atoms with Crippen molar-refractivity contribution < 1.29 is 13.9 Å². The number of H-pyrrole nitrogens is 1. The number of allylic oxidation sites excluding steroid dienone is 1. The van der Waals surface area contributed by atoms with E-state index in [4.69, 9.17) is 0 Å². The van der Waals surface area contributed by atoms with Crippen LogP contribution in [0.2, 0.25) is 0 Å². The van der Waals surface area contributed by atoms with Gasteiger partial charge >= 0.3 is 0 Å². The van der Waals surface area contributed by atoms with Crippen molar-refractivity contribution in [3.05, 3.63) is 77.0 Å². The van der Waals surface area contributed by atoms with E-state index < -0.39 is 17.2 Å². The number of aromatic nitrogens is 3. The third kappa shape index (κ3) is 4.46. The topological polar surface area (TPSA) is 61.8 Å². The molecule has 0 amide bonds. The van der Waals surface area contributed by atoms with Crippen molar-refractivity contribution >= 4 is 6.08 Å². The maximum atomic E-state index is 14.7. The van der Waals surface area contributed by atoms with Crippen LogP contribution in [0.4, 0.5) is 8.78 Å². The van der Waals surface area contributed by atoms with Crippen LogP contribution < -0.4 is 0 Å². The number of hydrogen-bond acceptors (Lipinski definition) is 3. The van der Waals surface area contributed by atoms with Gasteiger partial charge in [-0.05, 0) is 45.0 Å². The highest BCUT2D eigenvalue weighted by atomic mass is 19.1. The van der Waals surface area contributed by atoms with Gasteiger partial charge in [0.05, 0.1) is 23.2 Å². The van der Waals surface area contributed by atoms with Crippen LogP contribution in [0.15, 0.2) is 48.3 Å². The predicted octanol–water partition coefficient (Wildman–Crippen LogP) is 4.62. The fraction of sp³-hybridized carbons (Fsp3) is 0.238. The molecular formula is C21H21F2N3O. The zero-order valence-corrected chi connectivity index (χ0v) is 15.4. The van der Waals surface area contributed by atoms with Crippen LogP contribution >= 0.6 is 0 Å². The lowest BCUT2D eigenvalue weighted by atomic mass is 9.90. The first-order chi connectivity index (χ1) is 12.7. The number of imidazole rings is 1. The van der Waals surface area contributed by atoms with Gasteiger partial charge < -0.3 is 10.1 Å². The van der Waals surface area contributed by atoms with Crippen molar-refractivity contribution in [2.45, 2.75) is 32.8 Å². The molecular weight excluding hydrogens is 348 g/mol. The minimum absolute atomic E-state index is 0.134. The molecule has 0 spiro atoms. The molecule has 2 N–H and O–H groups in total. The van der Waals surface area contributed by atoms with Crippen LogP contribution in [-0.2, 0) is 12.0 Å². The third-order valence-electron chi connectivity index (χ3n) is 4.17. The number of nitrogens with one attached hydrogen (secondary N) is 1. The number of aliphatic hydroxyl groups is 1. The highest BCUT2D eigenvalue weighted by Crippen LogP contribution is 2.30. The largest absolute Gasteiger partial charge is 0.385 e. The first kappa shape index (κ1) is 18.9. The number of rotatable bonds is 5. The van der Waals surface area contributed by atoms with Crippen LogP contribution in [0.1, 0.15) is 37.9 Å². The molecule has 0 saturated carbocycles. The molecule has 0 saturated heterocycles. The Morgan fingerprint density at radius 3 is 2.63 bits per heavy atom. The lowest BCUT2D eigenvalue weighted by Crippen LogP contribution is -2.26. The maximum absolute atomic E-state index is 14.7. The minimum atomic E-state index is -1.45. The molecule has 0 fully saturated rings. The van der Waals surface area contributed by atoms with E-state index >= 15 is 0 Å². The molecule has 0 aliphatic heterocycles. The number of nitrogens with zero attached hydrogens (tertiary/aromatic N) is 2. The summed E-state index contributed by atoms with van der Waals surface area (Å²) < 4.78 is 27.7. The second-order valence-corrected chi connectivity index (χ2v) is 7.00. The van der Waals surface area contributed by atoms with Gasteiger partial charge in [0.15, 0.2) is 0 Å². The maximum Gasteiger partial charge on any atom is 0.141 e. The number of benzene rings is 1. The van der Waals surface area contributed by atoms with E-state index in [-0.39, 0.29) is 12.0 Å². The van der Waals surface area contributed by atoms with Gasteiger partial charge in [-0.15, -0.1) is 0 Å². The van der Waals surface area contributed by atoms with E-state index in [0.717, 1.165) is 17.5 Å². The molecule has 6 heteroatoms. The molecule has 2 heterocycles. The van der Waals surface area contributed by atoms with E-state index in [2.05, 4.69) is 15.0 Å². The number of halogens is 2. The van der Waals surface area contributed by atoms with Crippen LogP contribution in [0.3, 0.4) is 0 Å². The fourth-order valence-corrected chi connectivity index (χ4v) is 2.92. The highest BCUT2D eigenvalue weighted by molar-refractivity contribution is 5.59. The van der Waals surface area contributed by atoms with Gasteiger partial charge in [0.1, 0.15) is 17.5 Å². The van der Waals surface area contributed by atoms with Crippen LogP contribution in [0.5, 0.6) is 0 Å². The van der Waals surface area contributed by atoms with Crippen LogP contribution in [0, 0.1) is 11.6 Å². The lowest BCUT2D eigenvalue weighted by molar-refractivity contribution is 0.0519. The summed E-state index contributed by atoms with van der Waals surface area (Å²) in [5, 5.41) is 10.8. The summed E-state index contributed by atoms with van der Waals surface area (Å²) in [7, 11) is 0. The molecule has 3 rings (SSSR count). The fourth-order valence-electron chi connectivity index (χ4n) is 2.92. The lowest BCUT2D eigenvalue weighted by Gasteiger charge is -2.23. The summed E-state index contributed by atoms with van der Waals surface area (Å²) in [6, 6.07) is 7.22. The van der Waals surface area contributed by atoms with Gasteiger partial charge in [0.25, 0.3) is 0 Å². The van der Waals surface area contributed by atoms with E-state index in [9.17, 15) is 13.9 Å². The Bertz CT molecular complexity index is 971. The molecule has 2 aromatic heterocycles. The minimum Gasteiger partial charge on any atom is -0.385 e. The molecule has 0 radical (unpaired) electrons. The van der Waals surface area contributed by atoms with Crippen molar-refractivity contribution in [3.8, 4) is 11.3 Å². The zero-order chi connectivity index (χ0) is 19.6. The summed E-state index contributed by atoms with van der Waals surface area (Å²) in [5.41, 5.74) is 1.55. The average molecular weight is 369 g/mol. The predicted molar refractivity (Wildman–Crippen MR) is 101 cm³/mol. The Morgan fingerprint density at radius 1 is 1.22 bits per heavy atom. The number of aromatic amines is 1. The standard InChI is InChI=1S/C21H21F2N3O/c1-13(2)8-16-12-25-20(26-16)10-21(3,27)17-6-4-14(9-18(17)23)19-7-5-15(22)11-24-19/h4-9,11-12,27H,10H2,1-3H3,(H,25,26). The van der Waals surface area contributed by atoms with Gasteiger partial charge in [-0.25, -0.2) is 13.8 Å². The summed E-state index contributed by atoms with van der Waals surface area (Å²) in [6.45, 7) is 5.49. The summed E-state index contributed by atoms with van der Waals surface area (Å²) in [4.78, 5) is 11.4. The van der Waals surface area contributed by atoms with E-state index in [0.29, 0.717) is 17.1 Å². The van der Waals surface area contributed by atoms with Gasteiger partial charge in [0, 0.05) is 23.7 Å². The first-order valence-corrected chi connectivity index (χ1v) is 8.58. The molecule has 3 aromatic rings. The second-order valence-electron chi connectivity index (χ2n) is 7.00. The summed E-state index contributed by atoms with van der Waals surface area (Å²) >= 11 is 0. The average Bonchev–Trinajstić information content (AvgIpc) is 3.00. The van der Waals surface area contributed by atoms with Crippen LogP contribution in [-0.4, -0.2) is 20.1 Å². The van der Waals surface area contributed by atoms with Crippen molar-refractivity contribution in [1.82, 2.24) is 15.0 Å². The van der Waals surface area contributed by atoms with Crippen molar-refractivity contribution in [1.29, 1.82) is 0 Å². The van der Waals surface area contributed by atoms with Gasteiger partial charge in [-0.1, -0.05) is 17.7 Å². The Kier molecular flexibility index (Phi) is 5.19. The van der Waals surface area contributed by atoms with E-state index in [1.807, 2.05) is 19.9 Å². The Balaban J connectivity index is 1.84. The molecule has 0 aliphatic carbocycles. The zero-order valence-electron chi connectivity index (χ0n) is 15.4. The smallest absolute Gasteiger partial charge is 0.141 e. The van der Waals surface area contributed by atoms with E-state index in [1.54, 1.807) is 19.2 Å². The van der Waals surface area contributed by atoms with Crippen molar-refractivity contribution in [2.24, 2.45) is 0 Å². The molecule has 0 bridgehead atoms. The third-order valence-corrected chi connectivity index (χ3v) is 4.17. The SMILES string of the molecule is CC(C)=Cc1c[nH]c(CC(C)(O)c2ccc(-c3ccc(F)cn3)cc2F)n1. The van der Waals surface area contributed by atoms with E-state index in [1.165, 1.54) is 24.3 Å². The Labute approximate surface area is 156 Å². The first-order valence-electron chi connectivity index (χ1n) is 8.58. The number of hydrogen-bond donors (Lipinski definition) is 2. The molecule has 0 aliphatic rings. The van der Waals surface area contributed by atoms with Gasteiger partial charge in [-0.3, -0.25) is 4.98 Å². The van der Waals surface area contributed by atoms with Crippen molar-refractivity contribution in [3.63, 3.8) is 0 Å². The Morgan fingerprint density at radius 2 is 2.00 bits per heavy atom. The van der Waals surface area contributed by atoms with Crippen molar-refractivity contribution in [2.75, 3.05) is 0 Å². The Hall–Kier alpha value is -2.86. The molecule has 1 unspecified atom stereocenters. The highest BCUT2D eigenvalue weighted by Gasteiger charge is 2.28. The molecule has 140 valence electrons. The van der Waals surface area contributed by atoms with Crippen LogP contribution in [0.25, 0.3) is 17.3 Å². The second kappa shape index (κ2) is 7.40. The number of pyridine rings is 1. The summed E-state index contributed by atoms with van der Waals surface area (Å²) in [6.07, 6.45) is 4.88. The monoisotopic (exact) mass is 369 g/mol. The van der Waals surface area contributed by atoms with Gasteiger partial charge in [-0.2, -0.15) is 0 Å². The molecule has 4 nitrogen and oxygen atoms in total. The normalized spacial score (nSPS) is 13.3. The van der Waals surface area contributed by atoms with Gasteiger partial charge in [0.2, 0.25) is 0 Å². The quantitative estimate of drug-likeness (QED) is 0.690. The molecule has 1 atom stereocenters. The molecule has 27 heavy (non-hydrogen) atoms.